The van der Waals surface area contributed by atoms with Crippen molar-refractivity contribution in [2.24, 2.45) is 0 Å². The zero-order valence-electron chi connectivity index (χ0n) is 22.6. The Bertz CT molecular complexity index is 1420. The van der Waals surface area contributed by atoms with Gasteiger partial charge in [0, 0.05) is 6.07 Å². The van der Waals surface area contributed by atoms with Crippen molar-refractivity contribution in [1.82, 2.24) is 9.97 Å². The number of hydrogen-bond acceptors (Lipinski definition) is 9. The summed E-state index contributed by atoms with van der Waals surface area (Å²) in [6, 6.07) is 10.2. The summed E-state index contributed by atoms with van der Waals surface area (Å²) in [5, 5.41) is 0. The van der Waals surface area contributed by atoms with Crippen molar-refractivity contribution in [1.29, 1.82) is 0 Å². The van der Waals surface area contributed by atoms with Crippen LogP contribution in [0.1, 0.15) is 40.2 Å². The number of halogens is 1. The van der Waals surface area contributed by atoms with Gasteiger partial charge in [-0.25, -0.2) is 17.8 Å². The normalized spacial score (nSPS) is 17.1. The van der Waals surface area contributed by atoms with Crippen molar-refractivity contribution in [2.75, 3.05) is 25.0 Å². The van der Waals surface area contributed by atoms with Gasteiger partial charge in [0.05, 0.1) is 18.6 Å². The summed E-state index contributed by atoms with van der Waals surface area (Å²) in [4.78, 5) is 8.23. The van der Waals surface area contributed by atoms with Gasteiger partial charge in [-0.05, 0) is 49.1 Å². The van der Waals surface area contributed by atoms with Gasteiger partial charge in [-0.2, -0.15) is 4.98 Å². The number of nitrogens with zero attached hydrogens (tertiary/aromatic N) is 2. The molecule has 10 nitrogen and oxygen atoms in total. The van der Waals surface area contributed by atoms with Crippen LogP contribution in [-0.4, -0.2) is 50.6 Å². The van der Waals surface area contributed by atoms with Crippen LogP contribution < -0.4 is 18.9 Å². The number of anilines is 1. The molecule has 0 unspecified atom stereocenters. The van der Waals surface area contributed by atoms with Gasteiger partial charge in [-0.3, -0.25) is 4.72 Å². The quantitative estimate of drug-likeness (QED) is 0.383. The Hall–Kier alpha value is -3.48. The SMILES string of the molecule is COc1ccc(F)cc1Oc1c(NS(=O)(=O)c2ccc(C(C)(C)C)cc2)ncnc1OC[C@H]1COC(C)(C)O1. The highest BCUT2D eigenvalue weighted by Crippen LogP contribution is 2.40. The minimum atomic E-state index is -4.10. The van der Waals surface area contributed by atoms with Crippen LogP contribution in [0.25, 0.3) is 0 Å². The smallest absolute Gasteiger partial charge is 0.263 e. The van der Waals surface area contributed by atoms with E-state index in [1.165, 1.54) is 31.4 Å². The zero-order valence-corrected chi connectivity index (χ0v) is 23.5. The molecule has 0 amide bonds. The van der Waals surface area contributed by atoms with Crippen LogP contribution >= 0.6 is 0 Å². The summed E-state index contributed by atoms with van der Waals surface area (Å²) in [7, 11) is -2.71. The van der Waals surface area contributed by atoms with Gasteiger partial charge in [0.2, 0.25) is 5.75 Å². The number of sulfonamides is 1. The number of aromatic nitrogens is 2. The van der Waals surface area contributed by atoms with E-state index in [1.807, 2.05) is 20.8 Å². The number of hydrogen-bond donors (Lipinski definition) is 1. The molecule has 1 aromatic heterocycles. The van der Waals surface area contributed by atoms with E-state index in [4.69, 9.17) is 23.7 Å². The number of rotatable bonds is 9. The van der Waals surface area contributed by atoms with Gasteiger partial charge >= 0.3 is 0 Å². The molecule has 0 aliphatic carbocycles. The van der Waals surface area contributed by atoms with E-state index in [1.54, 1.807) is 26.0 Å². The Labute approximate surface area is 227 Å². The van der Waals surface area contributed by atoms with Gasteiger partial charge < -0.3 is 23.7 Å². The first-order chi connectivity index (χ1) is 18.3. The molecule has 1 atom stereocenters. The van der Waals surface area contributed by atoms with Gasteiger partial charge in [0.15, 0.2) is 23.1 Å². The lowest BCUT2D eigenvalue weighted by molar-refractivity contribution is -0.141. The fourth-order valence-electron chi connectivity index (χ4n) is 3.80. The molecule has 0 radical (unpaired) electrons. The first-order valence-electron chi connectivity index (χ1n) is 12.2. The average Bonchev–Trinajstić information content (AvgIpc) is 3.22. The minimum Gasteiger partial charge on any atom is -0.493 e. The van der Waals surface area contributed by atoms with Crippen molar-refractivity contribution in [3.63, 3.8) is 0 Å². The Kier molecular flexibility index (Phi) is 8.01. The molecule has 1 aliphatic heterocycles. The highest BCUT2D eigenvalue weighted by molar-refractivity contribution is 7.92. The third-order valence-corrected chi connectivity index (χ3v) is 7.20. The van der Waals surface area contributed by atoms with E-state index in [9.17, 15) is 12.8 Å². The summed E-state index contributed by atoms with van der Waals surface area (Å²) in [5.41, 5.74) is 0.825. The van der Waals surface area contributed by atoms with Crippen molar-refractivity contribution < 1.29 is 36.5 Å². The van der Waals surface area contributed by atoms with Crippen molar-refractivity contribution >= 4 is 15.8 Å². The maximum Gasteiger partial charge on any atom is 0.263 e. The molecule has 2 heterocycles. The molecule has 3 aromatic rings. The molecule has 39 heavy (non-hydrogen) atoms. The molecule has 0 saturated carbocycles. The third-order valence-electron chi connectivity index (χ3n) is 5.84. The lowest BCUT2D eigenvalue weighted by atomic mass is 9.87. The Morgan fingerprint density at radius 1 is 1.10 bits per heavy atom. The first kappa shape index (κ1) is 28.5. The molecule has 1 N–H and O–H groups in total. The fraction of sp³-hybridized carbons (Fsp3) is 0.407. The molecule has 0 bridgehead atoms. The third kappa shape index (κ3) is 6.94. The number of nitrogens with one attached hydrogen (secondary N) is 1. The van der Waals surface area contributed by atoms with Gasteiger partial charge in [-0.1, -0.05) is 32.9 Å². The van der Waals surface area contributed by atoms with E-state index in [-0.39, 0.29) is 52.5 Å². The highest BCUT2D eigenvalue weighted by atomic mass is 32.2. The second-order valence-electron chi connectivity index (χ2n) is 10.4. The Balaban J connectivity index is 1.68. The molecule has 1 aliphatic rings. The Morgan fingerprint density at radius 3 is 2.44 bits per heavy atom. The van der Waals surface area contributed by atoms with Crippen LogP contribution in [0, 0.1) is 5.82 Å². The van der Waals surface area contributed by atoms with E-state index in [0.29, 0.717) is 0 Å². The summed E-state index contributed by atoms with van der Waals surface area (Å²) in [6.45, 7) is 9.97. The van der Waals surface area contributed by atoms with E-state index >= 15 is 0 Å². The lowest BCUT2D eigenvalue weighted by Gasteiger charge is -2.20. The van der Waals surface area contributed by atoms with Crippen molar-refractivity contribution in [3.8, 4) is 23.1 Å². The van der Waals surface area contributed by atoms with Gasteiger partial charge in [-0.15, -0.1) is 0 Å². The predicted molar refractivity (Wildman–Crippen MR) is 141 cm³/mol. The molecule has 2 aromatic carbocycles. The predicted octanol–water partition coefficient (Wildman–Crippen LogP) is 5.05. The van der Waals surface area contributed by atoms with Gasteiger partial charge in [0.25, 0.3) is 15.9 Å². The fourth-order valence-corrected chi connectivity index (χ4v) is 4.81. The van der Waals surface area contributed by atoms with Crippen LogP contribution in [-0.2, 0) is 24.9 Å². The van der Waals surface area contributed by atoms with Crippen LogP contribution in [0.2, 0.25) is 0 Å². The van der Waals surface area contributed by atoms with Crippen molar-refractivity contribution in [2.45, 2.75) is 56.8 Å². The maximum atomic E-state index is 14.1. The number of methoxy groups -OCH3 is 1. The second kappa shape index (κ2) is 10.9. The molecule has 4 rings (SSSR count). The topological polar surface area (TPSA) is 118 Å². The van der Waals surface area contributed by atoms with Crippen LogP contribution in [0.3, 0.4) is 0 Å². The molecular formula is C27H32FN3O7S. The monoisotopic (exact) mass is 561 g/mol. The summed E-state index contributed by atoms with van der Waals surface area (Å²) in [5.74, 6) is -1.68. The molecule has 1 fully saturated rings. The maximum absolute atomic E-state index is 14.1. The van der Waals surface area contributed by atoms with E-state index in [2.05, 4.69) is 14.7 Å². The van der Waals surface area contributed by atoms with Crippen molar-refractivity contribution in [3.05, 3.63) is 60.2 Å². The molecule has 1 saturated heterocycles. The molecule has 210 valence electrons. The largest absolute Gasteiger partial charge is 0.493 e. The van der Waals surface area contributed by atoms with Crippen LogP contribution in [0.15, 0.2) is 53.7 Å². The van der Waals surface area contributed by atoms with Gasteiger partial charge in [0.1, 0.15) is 24.9 Å². The van der Waals surface area contributed by atoms with E-state index < -0.39 is 27.7 Å². The van der Waals surface area contributed by atoms with Crippen LogP contribution in [0.5, 0.6) is 23.1 Å². The number of ether oxygens (including phenoxy) is 5. The summed E-state index contributed by atoms with van der Waals surface area (Å²) in [6.07, 6.45) is 0.717. The summed E-state index contributed by atoms with van der Waals surface area (Å²) >= 11 is 0. The minimum absolute atomic E-state index is 0.0182. The highest BCUT2D eigenvalue weighted by Gasteiger charge is 2.33. The summed E-state index contributed by atoms with van der Waals surface area (Å²) < 4.78 is 71.5. The lowest BCUT2D eigenvalue weighted by Crippen LogP contribution is -2.25. The number of benzene rings is 2. The first-order valence-corrected chi connectivity index (χ1v) is 13.7. The standard InChI is InChI=1S/C27H32FN3O7S/c1-26(2,3)17-7-10-20(11-8-17)39(32,33)31-24-23(37-22-13-18(28)9-12-21(22)34-6)25(30-16-29-24)35-14-19-15-36-27(4,5)38-19/h7-13,16,19H,14-15H2,1-6H3,(H,29,30,31)/t19-/m0/s1. The average molecular weight is 562 g/mol. The van der Waals surface area contributed by atoms with Crippen LogP contribution in [0.4, 0.5) is 10.2 Å². The Morgan fingerprint density at radius 2 is 1.82 bits per heavy atom. The molecule has 0 spiro atoms. The molecular weight excluding hydrogens is 529 g/mol. The van der Waals surface area contributed by atoms with E-state index in [0.717, 1.165) is 18.0 Å². The second-order valence-corrected chi connectivity index (χ2v) is 12.1. The zero-order chi connectivity index (χ0) is 28.4. The molecule has 12 heteroatoms.